The van der Waals surface area contributed by atoms with Crippen LogP contribution in [0.3, 0.4) is 0 Å². The maximum Gasteiger partial charge on any atom is 0.0663 e. The highest BCUT2D eigenvalue weighted by Crippen LogP contribution is 2.18. The monoisotopic (exact) mass is 162 g/mol. The van der Waals surface area contributed by atoms with Crippen molar-refractivity contribution in [3.63, 3.8) is 0 Å². The number of aryl methyl sites for hydroxylation is 3. The van der Waals surface area contributed by atoms with Crippen LogP contribution in [-0.2, 0) is 12.8 Å². The Morgan fingerprint density at radius 2 is 1.92 bits per heavy atom. The van der Waals surface area contributed by atoms with E-state index in [2.05, 4.69) is 16.3 Å². The highest BCUT2D eigenvalue weighted by atomic mass is 15.1. The molecule has 64 valence electrons. The summed E-state index contributed by atoms with van der Waals surface area (Å²) in [5.74, 6) is 0. The van der Waals surface area contributed by atoms with E-state index in [1.807, 2.05) is 6.92 Å². The van der Waals surface area contributed by atoms with Crippen LogP contribution in [0.2, 0.25) is 0 Å². The van der Waals surface area contributed by atoms with Crippen LogP contribution in [0, 0.1) is 6.92 Å². The average molecular weight is 162 g/mol. The van der Waals surface area contributed by atoms with E-state index >= 15 is 0 Å². The van der Waals surface area contributed by atoms with Crippen LogP contribution in [0.25, 0.3) is 0 Å². The smallest absolute Gasteiger partial charge is 0.0663 e. The third kappa shape index (κ3) is 1.47. The highest BCUT2D eigenvalue weighted by molar-refractivity contribution is 5.22. The van der Waals surface area contributed by atoms with Crippen molar-refractivity contribution in [2.75, 3.05) is 0 Å². The molecule has 0 unspecified atom stereocenters. The van der Waals surface area contributed by atoms with E-state index in [-0.39, 0.29) is 0 Å². The van der Waals surface area contributed by atoms with E-state index < -0.39 is 0 Å². The first kappa shape index (κ1) is 7.71. The van der Waals surface area contributed by atoms with Gasteiger partial charge in [-0.15, -0.1) is 0 Å². The lowest BCUT2D eigenvalue weighted by atomic mass is 10.1. The highest BCUT2D eigenvalue weighted by Gasteiger charge is 2.09. The van der Waals surface area contributed by atoms with Crippen LogP contribution in [-0.4, -0.2) is 10.2 Å². The Balaban J connectivity index is 2.36. The van der Waals surface area contributed by atoms with Gasteiger partial charge in [0.2, 0.25) is 0 Å². The predicted octanol–water partition coefficient (Wildman–Crippen LogP) is 2.05. The van der Waals surface area contributed by atoms with Crippen LogP contribution in [0.1, 0.15) is 36.2 Å². The molecule has 1 heterocycles. The topological polar surface area (TPSA) is 25.8 Å². The number of nitrogens with zero attached hydrogens (tertiary/aromatic N) is 2. The Morgan fingerprint density at radius 3 is 2.83 bits per heavy atom. The zero-order valence-corrected chi connectivity index (χ0v) is 7.51. The van der Waals surface area contributed by atoms with Crippen LogP contribution < -0.4 is 0 Å². The molecule has 12 heavy (non-hydrogen) atoms. The molecule has 1 aliphatic carbocycles. The van der Waals surface area contributed by atoms with Gasteiger partial charge in [0, 0.05) is 0 Å². The molecule has 0 atom stereocenters. The maximum atomic E-state index is 4.23. The summed E-state index contributed by atoms with van der Waals surface area (Å²) in [7, 11) is 0. The minimum absolute atomic E-state index is 1.05. The van der Waals surface area contributed by atoms with Crippen LogP contribution in [0.5, 0.6) is 0 Å². The Hall–Kier alpha value is -0.920. The fraction of sp³-hybridized carbons (Fsp3) is 0.600. The van der Waals surface area contributed by atoms with Gasteiger partial charge in [-0.1, -0.05) is 6.42 Å². The van der Waals surface area contributed by atoms with Gasteiger partial charge < -0.3 is 0 Å². The first-order valence-electron chi connectivity index (χ1n) is 4.68. The fourth-order valence-electron chi connectivity index (χ4n) is 1.78. The lowest BCUT2D eigenvalue weighted by Gasteiger charge is -2.02. The van der Waals surface area contributed by atoms with Crippen molar-refractivity contribution in [1.82, 2.24) is 10.2 Å². The zero-order valence-electron chi connectivity index (χ0n) is 7.51. The van der Waals surface area contributed by atoms with E-state index in [1.165, 1.54) is 36.9 Å². The van der Waals surface area contributed by atoms with E-state index in [0.717, 1.165) is 12.1 Å². The molecule has 1 aromatic rings. The average Bonchev–Trinajstić information content (AvgIpc) is 2.28. The number of hydrogen-bond donors (Lipinski definition) is 0. The fourth-order valence-corrected chi connectivity index (χ4v) is 1.78. The van der Waals surface area contributed by atoms with E-state index in [4.69, 9.17) is 0 Å². The number of aromatic nitrogens is 2. The van der Waals surface area contributed by atoms with Gasteiger partial charge in [-0.25, -0.2) is 0 Å². The molecule has 0 radical (unpaired) electrons. The number of hydrogen-bond acceptors (Lipinski definition) is 2. The summed E-state index contributed by atoms with van der Waals surface area (Å²) in [6.45, 7) is 2.01. The lowest BCUT2D eigenvalue weighted by molar-refractivity contribution is 0.706. The van der Waals surface area contributed by atoms with Crippen molar-refractivity contribution in [1.29, 1.82) is 0 Å². The summed E-state index contributed by atoms with van der Waals surface area (Å²) >= 11 is 0. The van der Waals surface area contributed by atoms with Gasteiger partial charge in [-0.3, -0.25) is 0 Å². The normalized spacial score (nSPS) is 16.8. The molecule has 1 aromatic heterocycles. The predicted molar refractivity (Wildman–Crippen MR) is 48.0 cm³/mol. The van der Waals surface area contributed by atoms with Gasteiger partial charge in [0.1, 0.15) is 0 Å². The number of rotatable bonds is 0. The summed E-state index contributed by atoms with van der Waals surface area (Å²) in [5.41, 5.74) is 3.72. The Bertz CT molecular complexity index is 281. The molecular weight excluding hydrogens is 148 g/mol. The lowest BCUT2D eigenvalue weighted by Crippen LogP contribution is -1.99. The van der Waals surface area contributed by atoms with Gasteiger partial charge in [0.25, 0.3) is 0 Å². The van der Waals surface area contributed by atoms with Gasteiger partial charge >= 0.3 is 0 Å². The molecule has 0 aromatic carbocycles. The summed E-state index contributed by atoms with van der Waals surface area (Å²) in [5, 5.41) is 8.31. The van der Waals surface area contributed by atoms with E-state index in [1.54, 1.807) is 0 Å². The van der Waals surface area contributed by atoms with Crippen molar-refractivity contribution in [3.05, 3.63) is 23.0 Å². The second-order valence-electron chi connectivity index (χ2n) is 3.52. The second kappa shape index (κ2) is 3.21. The third-order valence-electron chi connectivity index (χ3n) is 2.44. The first-order valence-corrected chi connectivity index (χ1v) is 4.68. The largest absolute Gasteiger partial charge is 0.156 e. The molecule has 0 spiro atoms. The van der Waals surface area contributed by atoms with Crippen LogP contribution in [0.15, 0.2) is 6.07 Å². The zero-order chi connectivity index (χ0) is 8.39. The molecule has 0 N–H and O–H groups in total. The molecule has 0 aliphatic heterocycles. The van der Waals surface area contributed by atoms with Crippen molar-refractivity contribution in [2.45, 2.75) is 39.0 Å². The molecule has 2 nitrogen and oxygen atoms in total. The van der Waals surface area contributed by atoms with E-state index in [0.29, 0.717) is 0 Å². The third-order valence-corrected chi connectivity index (χ3v) is 2.44. The van der Waals surface area contributed by atoms with Crippen LogP contribution in [0.4, 0.5) is 0 Å². The maximum absolute atomic E-state index is 4.23. The van der Waals surface area contributed by atoms with Gasteiger partial charge in [0.05, 0.1) is 11.4 Å². The molecule has 0 amide bonds. The molecule has 0 saturated carbocycles. The summed E-state index contributed by atoms with van der Waals surface area (Å²) in [6.07, 6.45) is 6.27. The summed E-state index contributed by atoms with van der Waals surface area (Å²) in [4.78, 5) is 0. The summed E-state index contributed by atoms with van der Waals surface area (Å²) in [6, 6.07) is 2.19. The molecule has 1 aliphatic rings. The Morgan fingerprint density at radius 1 is 1.08 bits per heavy atom. The van der Waals surface area contributed by atoms with Crippen molar-refractivity contribution >= 4 is 0 Å². The Labute approximate surface area is 73.0 Å². The van der Waals surface area contributed by atoms with Crippen molar-refractivity contribution < 1.29 is 0 Å². The van der Waals surface area contributed by atoms with E-state index in [9.17, 15) is 0 Å². The SMILES string of the molecule is Cc1cc2c(nn1)CCCCC2. The second-order valence-corrected chi connectivity index (χ2v) is 3.52. The quantitative estimate of drug-likeness (QED) is 0.546. The minimum atomic E-state index is 1.05. The molecule has 2 heteroatoms. The van der Waals surface area contributed by atoms with Crippen LogP contribution >= 0.6 is 0 Å². The standard InChI is InChI=1S/C10H14N2/c1-8-7-9-5-3-2-4-6-10(9)12-11-8/h7H,2-6H2,1H3. The number of fused-ring (bicyclic) bond motifs is 1. The van der Waals surface area contributed by atoms with Crippen molar-refractivity contribution in [2.24, 2.45) is 0 Å². The van der Waals surface area contributed by atoms with Gasteiger partial charge in [-0.2, -0.15) is 10.2 Å². The molecule has 0 fully saturated rings. The minimum Gasteiger partial charge on any atom is -0.156 e. The first-order chi connectivity index (χ1) is 5.86. The molecular formula is C10H14N2. The Kier molecular flexibility index (Phi) is 2.07. The van der Waals surface area contributed by atoms with Gasteiger partial charge in [-0.05, 0) is 44.2 Å². The molecule has 0 saturated heterocycles. The molecule has 2 rings (SSSR count). The van der Waals surface area contributed by atoms with Gasteiger partial charge in [0.15, 0.2) is 0 Å². The molecule has 0 bridgehead atoms. The van der Waals surface area contributed by atoms with Crippen molar-refractivity contribution in [3.8, 4) is 0 Å². The summed E-state index contributed by atoms with van der Waals surface area (Å²) < 4.78 is 0.